The highest BCUT2D eigenvalue weighted by molar-refractivity contribution is 5.39. The lowest BCUT2D eigenvalue weighted by atomic mass is 10.1. The molecule has 2 aromatic carbocycles. The molecule has 0 saturated heterocycles. The van der Waals surface area contributed by atoms with E-state index in [1.54, 1.807) is 0 Å². The number of benzene rings is 2. The second kappa shape index (κ2) is 6.00. The molecular weight excluding hydrogens is 248 g/mol. The Bertz CT molecular complexity index is 549. The van der Waals surface area contributed by atoms with Gasteiger partial charge in [-0.2, -0.15) is 0 Å². The van der Waals surface area contributed by atoms with Crippen LogP contribution in [-0.4, -0.2) is 6.29 Å². The SMILES string of the molecule is Cc1cccc(OC(C)Oc2cccc(C)c2C)c1C. The Morgan fingerprint density at radius 2 is 1.10 bits per heavy atom. The van der Waals surface area contributed by atoms with Gasteiger partial charge in [0.05, 0.1) is 0 Å². The van der Waals surface area contributed by atoms with Crippen LogP contribution in [0.2, 0.25) is 0 Å². The molecule has 106 valence electrons. The molecule has 0 atom stereocenters. The molecule has 0 bridgehead atoms. The maximum Gasteiger partial charge on any atom is 0.238 e. The molecule has 0 N–H and O–H groups in total. The van der Waals surface area contributed by atoms with Crippen molar-refractivity contribution in [2.45, 2.75) is 40.9 Å². The molecule has 2 aromatic rings. The van der Waals surface area contributed by atoms with E-state index in [0.717, 1.165) is 22.6 Å². The molecule has 0 unspecified atom stereocenters. The first kappa shape index (κ1) is 14.4. The zero-order chi connectivity index (χ0) is 14.7. The summed E-state index contributed by atoms with van der Waals surface area (Å²) in [5.74, 6) is 1.76. The van der Waals surface area contributed by atoms with Crippen molar-refractivity contribution in [2.24, 2.45) is 0 Å². The molecule has 2 heteroatoms. The summed E-state index contributed by atoms with van der Waals surface area (Å²) < 4.78 is 11.8. The first-order chi connectivity index (χ1) is 9.49. The maximum atomic E-state index is 5.90. The molecule has 0 saturated carbocycles. The number of aryl methyl sites for hydroxylation is 2. The van der Waals surface area contributed by atoms with Gasteiger partial charge < -0.3 is 9.47 Å². The van der Waals surface area contributed by atoms with Gasteiger partial charge in [0.15, 0.2) is 0 Å². The van der Waals surface area contributed by atoms with Crippen molar-refractivity contribution in [3.8, 4) is 11.5 Å². The Balaban J connectivity index is 2.11. The van der Waals surface area contributed by atoms with Crippen molar-refractivity contribution in [1.82, 2.24) is 0 Å². The van der Waals surface area contributed by atoms with E-state index in [1.165, 1.54) is 11.1 Å². The predicted octanol–water partition coefficient (Wildman–Crippen LogP) is 4.72. The van der Waals surface area contributed by atoms with Crippen molar-refractivity contribution in [3.63, 3.8) is 0 Å². The molecule has 0 spiro atoms. The van der Waals surface area contributed by atoms with Crippen LogP contribution in [0, 0.1) is 27.7 Å². The second-order valence-corrected chi connectivity index (χ2v) is 5.20. The normalized spacial score (nSPS) is 10.7. The Morgan fingerprint density at radius 3 is 1.50 bits per heavy atom. The van der Waals surface area contributed by atoms with E-state index in [0.29, 0.717) is 0 Å². The molecule has 0 fully saturated rings. The molecule has 0 aliphatic rings. The molecule has 2 rings (SSSR count). The molecule has 2 nitrogen and oxygen atoms in total. The number of hydrogen-bond acceptors (Lipinski definition) is 2. The monoisotopic (exact) mass is 270 g/mol. The van der Waals surface area contributed by atoms with Crippen LogP contribution in [0.3, 0.4) is 0 Å². The van der Waals surface area contributed by atoms with Crippen molar-refractivity contribution in [2.75, 3.05) is 0 Å². The average molecular weight is 270 g/mol. The Kier molecular flexibility index (Phi) is 4.33. The molecule has 0 amide bonds. The summed E-state index contributed by atoms with van der Waals surface area (Å²) in [7, 11) is 0. The van der Waals surface area contributed by atoms with Crippen LogP contribution < -0.4 is 9.47 Å². The molecule has 0 heterocycles. The standard InChI is InChI=1S/C18H22O2/c1-12-8-6-10-17(14(12)3)19-16(5)20-18-11-7-9-13(2)15(18)4/h6-11,16H,1-5H3. The van der Waals surface area contributed by atoms with Crippen LogP contribution in [0.4, 0.5) is 0 Å². The van der Waals surface area contributed by atoms with Crippen LogP contribution in [-0.2, 0) is 0 Å². The predicted molar refractivity (Wildman–Crippen MR) is 82.6 cm³/mol. The Hall–Kier alpha value is -1.96. The van der Waals surface area contributed by atoms with Gasteiger partial charge in [0.25, 0.3) is 0 Å². The lowest BCUT2D eigenvalue weighted by Gasteiger charge is -2.20. The van der Waals surface area contributed by atoms with E-state index >= 15 is 0 Å². The second-order valence-electron chi connectivity index (χ2n) is 5.20. The topological polar surface area (TPSA) is 18.5 Å². The first-order valence-corrected chi connectivity index (χ1v) is 6.95. The highest BCUT2D eigenvalue weighted by Gasteiger charge is 2.10. The van der Waals surface area contributed by atoms with Crippen molar-refractivity contribution >= 4 is 0 Å². The van der Waals surface area contributed by atoms with Crippen LogP contribution in [0.25, 0.3) is 0 Å². The highest BCUT2D eigenvalue weighted by atomic mass is 16.7. The van der Waals surface area contributed by atoms with Gasteiger partial charge in [-0.1, -0.05) is 24.3 Å². The quantitative estimate of drug-likeness (QED) is 0.748. The third-order valence-corrected chi connectivity index (χ3v) is 3.70. The summed E-state index contributed by atoms with van der Waals surface area (Å²) in [4.78, 5) is 0. The summed E-state index contributed by atoms with van der Waals surface area (Å²) in [5, 5.41) is 0. The van der Waals surface area contributed by atoms with Gasteiger partial charge >= 0.3 is 0 Å². The number of ether oxygens (including phenoxy) is 2. The Morgan fingerprint density at radius 1 is 0.700 bits per heavy atom. The van der Waals surface area contributed by atoms with Crippen molar-refractivity contribution < 1.29 is 9.47 Å². The van der Waals surface area contributed by atoms with Crippen LogP contribution >= 0.6 is 0 Å². The fourth-order valence-electron chi connectivity index (χ4n) is 2.09. The zero-order valence-electron chi connectivity index (χ0n) is 12.9. The van der Waals surface area contributed by atoms with Crippen molar-refractivity contribution in [3.05, 3.63) is 58.7 Å². The van der Waals surface area contributed by atoms with Crippen LogP contribution in [0.1, 0.15) is 29.2 Å². The minimum absolute atomic E-state index is 0.323. The van der Waals surface area contributed by atoms with Crippen LogP contribution in [0.5, 0.6) is 11.5 Å². The minimum Gasteiger partial charge on any atom is -0.455 e. The van der Waals surface area contributed by atoms with E-state index in [9.17, 15) is 0 Å². The fraction of sp³-hybridized carbons (Fsp3) is 0.333. The first-order valence-electron chi connectivity index (χ1n) is 6.95. The van der Waals surface area contributed by atoms with Gasteiger partial charge in [-0.3, -0.25) is 0 Å². The molecule has 0 radical (unpaired) electrons. The molecule has 0 aliphatic carbocycles. The number of hydrogen-bond donors (Lipinski definition) is 0. The van der Waals surface area contributed by atoms with Gasteiger partial charge in [-0.05, 0) is 62.1 Å². The molecule has 0 aliphatic heterocycles. The lowest BCUT2D eigenvalue weighted by Crippen LogP contribution is -2.20. The molecule has 0 aromatic heterocycles. The van der Waals surface area contributed by atoms with E-state index in [1.807, 2.05) is 31.2 Å². The summed E-state index contributed by atoms with van der Waals surface area (Å²) in [6.45, 7) is 10.2. The van der Waals surface area contributed by atoms with Crippen LogP contribution in [0.15, 0.2) is 36.4 Å². The smallest absolute Gasteiger partial charge is 0.238 e. The van der Waals surface area contributed by atoms with E-state index < -0.39 is 0 Å². The zero-order valence-corrected chi connectivity index (χ0v) is 12.9. The molecule has 20 heavy (non-hydrogen) atoms. The fourth-order valence-corrected chi connectivity index (χ4v) is 2.09. The van der Waals surface area contributed by atoms with E-state index in [2.05, 4.69) is 39.8 Å². The third kappa shape index (κ3) is 3.13. The van der Waals surface area contributed by atoms with E-state index in [-0.39, 0.29) is 6.29 Å². The van der Waals surface area contributed by atoms with Gasteiger partial charge in [0, 0.05) is 6.92 Å². The average Bonchev–Trinajstić information content (AvgIpc) is 2.40. The number of rotatable bonds is 4. The van der Waals surface area contributed by atoms with E-state index in [4.69, 9.17) is 9.47 Å². The Labute approximate surface area is 121 Å². The lowest BCUT2D eigenvalue weighted by molar-refractivity contribution is 0.0211. The van der Waals surface area contributed by atoms with Crippen molar-refractivity contribution in [1.29, 1.82) is 0 Å². The summed E-state index contributed by atoms with van der Waals surface area (Å²) in [5.41, 5.74) is 4.76. The third-order valence-electron chi connectivity index (χ3n) is 3.70. The van der Waals surface area contributed by atoms with Gasteiger partial charge in [0.1, 0.15) is 11.5 Å². The van der Waals surface area contributed by atoms with Gasteiger partial charge in [0.2, 0.25) is 6.29 Å². The maximum absolute atomic E-state index is 5.90. The highest BCUT2D eigenvalue weighted by Crippen LogP contribution is 2.25. The summed E-state index contributed by atoms with van der Waals surface area (Å²) >= 11 is 0. The summed E-state index contributed by atoms with van der Waals surface area (Å²) in [6, 6.07) is 12.1. The summed E-state index contributed by atoms with van der Waals surface area (Å²) in [6.07, 6.45) is -0.323. The minimum atomic E-state index is -0.323. The largest absolute Gasteiger partial charge is 0.455 e. The molecular formula is C18H22O2. The van der Waals surface area contributed by atoms with Gasteiger partial charge in [-0.25, -0.2) is 0 Å². The van der Waals surface area contributed by atoms with Gasteiger partial charge in [-0.15, -0.1) is 0 Å².